The second-order valence-electron chi connectivity index (χ2n) is 4.95. The standard InChI is InChI=1S/C17H13NO4/c19-15(7-8-16(20)21)18-10-5-6-12-11-3-1-2-4-13(11)17(22)14(12)9-10/h1-9,17,22H,(H,18,19)(H,20,21)/b8-7-/t17-/m0/s1. The number of nitrogens with one attached hydrogen (secondary N) is 1. The summed E-state index contributed by atoms with van der Waals surface area (Å²) in [6.07, 6.45) is 0.992. The van der Waals surface area contributed by atoms with Crippen molar-refractivity contribution in [1.82, 2.24) is 0 Å². The number of hydrogen-bond donors (Lipinski definition) is 3. The molecule has 0 bridgehead atoms. The zero-order chi connectivity index (χ0) is 15.7. The van der Waals surface area contributed by atoms with Crippen molar-refractivity contribution in [2.75, 3.05) is 5.32 Å². The van der Waals surface area contributed by atoms with Crippen molar-refractivity contribution in [3.05, 3.63) is 65.7 Å². The molecule has 0 spiro atoms. The van der Waals surface area contributed by atoms with Gasteiger partial charge in [0.1, 0.15) is 6.10 Å². The SMILES string of the molecule is O=C(O)/C=C\C(=O)Nc1ccc2c(c1)[C@@H](O)c1ccccc1-2. The van der Waals surface area contributed by atoms with E-state index in [9.17, 15) is 14.7 Å². The number of anilines is 1. The van der Waals surface area contributed by atoms with E-state index in [1.807, 2.05) is 30.3 Å². The molecule has 0 radical (unpaired) electrons. The molecule has 0 saturated carbocycles. The number of carbonyl (C=O) groups is 2. The first-order valence-corrected chi connectivity index (χ1v) is 6.69. The van der Waals surface area contributed by atoms with Crippen molar-refractivity contribution >= 4 is 17.6 Å². The van der Waals surface area contributed by atoms with Crippen LogP contribution in [-0.2, 0) is 9.59 Å². The van der Waals surface area contributed by atoms with Crippen LogP contribution in [0.1, 0.15) is 17.2 Å². The Kier molecular flexibility index (Phi) is 3.48. The fourth-order valence-corrected chi connectivity index (χ4v) is 2.59. The van der Waals surface area contributed by atoms with Crippen molar-refractivity contribution < 1.29 is 19.8 Å². The number of carbonyl (C=O) groups excluding carboxylic acids is 1. The first-order valence-electron chi connectivity index (χ1n) is 6.69. The van der Waals surface area contributed by atoms with E-state index in [0.29, 0.717) is 5.69 Å². The molecular weight excluding hydrogens is 282 g/mol. The van der Waals surface area contributed by atoms with Crippen LogP contribution in [0.3, 0.4) is 0 Å². The van der Waals surface area contributed by atoms with Crippen LogP contribution in [0.15, 0.2) is 54.6 Å². The molecule has 1 atom stereocenters. The highest BCUT2D eigenvalue weighted by Gasteiger charge is 2.26. The lowest BCUT2D eigenvalue weighted by atomic mass is 10.1. The number of fused-ring (bicyclic) bond motifs is 3. The van der Waals surface area contributed by atoms with Gasteiger partial charge in [0.15, 0.2) is 0 Å². The predicted octanol–water partition coefficient (Wildman–Crippen LogP) is 2.33. The molecule has 110 valence electrons. The third-order valence-electron chi connectivity index (χ3n) is 3.54. The van der Waals surface area contributed by atoms with Gasteiger partial charge in [0.05, 0.1) is 0 Å². The van der Waals surface area contributed by atoms with Crippen LogP contribution in [0.25, 0.3) is 11.1 Å². The molecule has 22 heavy (non-hydrogen) atoms. The molecule has 2 aromatic carbocycles. The molecule has 1 aliphatic rings. The lowest BCUT2D eigenvalue weighted by Gasteiger charge is -2.08. The van der Waals surface area contributed by atoms with Gasteiger partial charge < -0.3 is 15.5 Å². The Morgan fingerprint density at radius 2 is 1.73 bits per heavy atom. The lowest BCUT2D eigenvalue weighted by molar-refractivity contribution is -0.131. The van der Waals surface area contributed by atoms with E-state index in [1.165, 1.54) is 0 Å². The Labute approximate surface area is 126 Å². The molecule has 0 saturated heterocycles. The van der Waals surface area contributed by atoms with Crippen LogP contribution in [-0.4, -0.2) is 22.1 Å². The quantitative estimate of drug-likeness (QED) is 0.758. The number of rotatable bonds is 3. The largest absolute Gasteiger partial charge is 0.478 e. The summed E-state index contributed by atoms with van der Waals surface area (Å²) in [5, 5.41) is 21.4. The minimum atomic E-state index is -1.19. The van der Waals surface area contributed by atoms with E-state index in [2.05, 4.69) is 5.32 Å². The Hall–Kier alpha value is -2.92. The Morgan fingerprint density at radius 1 is 1.00 bits per heavy atom. The molecule has 0 fully saturated rings. The van der Waals surface area contributed by atoms with Gasteiger partial charge in [0.2, 0.25) is 5.91 Å². The average Bonchev–Trinajstić information content (AvgIpc) is 2.79. The molecule has 1 aliphatic carbocycles. The number of carboxylic acids is 1. The third-order valence-corrected chi connectivity index (χ3v) is 3.54. The van der Waals surface area contributed by atoms with Gasteiger partial charge in [-0.1, -0.05) is 30.3 Å². The molecule has 0 aromatic heterocycles. The number of benzene rings is 2. The maximum absolute atomic E-state index is 11.6. The van der Waals surface area contributed by atoms with Crippen LogP contribution in [0.5, 0.6) is 0 Å². The number of carboxylic acid groups (broad SMARTS) is 1. The van der Waals surface area contributed by atoms with E-state index in [0.717, 1.165) is 34.4 Å². The summed E-state index contributed by atoms with van der Waals surface area (Å²) in [6.45, 7) is 0. The van der Waals surface area contributed by atoms with Crippen molar-refractivity contribution in [2.24, 2.45) is 0 Å². The van der Waals surface area contributed by atoms with Crippen LogP contribution < -0.4 is 5.32 Å². The predicted molar refractivity (Wildman–Crippen MR) is 81.3 cm³/mol. The molecule has 3 N–H and O–H groups in total. The van der Waals surface area contributed by atoms with E-state index in [1.54, 1.807) is 12.1 Å². The van der Waals surface area contributed by atoms with Crippen LogP contribution >= 0.6 is 0 Å². The molecule has 3 rings (SSSR count). The molecule has 0 heterocycles. The highest BCUT2D eigenvalue weighted by molar-refractivity contribution is 6.02. The second kappa shape index (κ2) is 5.46. The Balaban J connectivity index is 1.87. The lowest BCUT2D eigenvalue weighted by Crippen LogP contribution is -2.09. The summed E-state index contributed by atoms with van der Waals surface area (Å²) >= 11 is 0. The molecule has 0 unspecified atom stereocenters. The molecule has 0 aliphatic heterocycles. The topological polar surface area (TPSA) is 86.6 Å². The van der Waals surface area contributed by atoms with Gasteiger partial charge in [0, 0.05) is 17.8 Å². The first kappa shape index (κ1) is 14.0. The van der Waals surface area contributed by atoms with Gasteiger partial charge in [0.25, 0.3) is 0 Å². The van der Waals surface area contributed by atoms with Crippen molar-refractivity contribution in [3.63, 3.8) is 0 Å². The highest BCUT2D eigenvalue weighted by atomic mass is 16.4. The number of aliphatic hydroxyl groups excluding tert-OH is 1. The normalized spacial score (nSPS) is 15.4. The summed E-state index contributed by atoms with van der Waals surface area (Å²) in [5.41, 5.74) is 3.98. The maximum atomic E-state index is 11.6. The minimum absolute atomic E-state index is 0.505. The van der Waals surface area contributed by atoms with Gasteiger partial charge in [-0.3, -0.25) is 4.79 Å². The molecule has 2 aromatic rings. The number of hydrogen-bond acceptors (Lipinski definition) is 3. The zero-order valence-electron chi connectivity index (χ0n) is 11.5. The summed E-state index contributed by atoms with van der Waals surface area (Å²) in [4.78, 5) is 22.0. The number of amides is 1. The molecule has 1 amide bonds. The Bertz CT molecular complexity index is 795. The average molecular weight is 295 g/mol. The zero-order valence-corrected chi connectivity index (χ0v) is 11.5. The van der Waals surface area contributed by atoms with Gasteiger partial charge in [-0.05, 0) is 34.4 Å². The molecule has 5 heteroatoms. The van der Waals surface area contributed by atoms with E-state index < -0.39 is 18.0 Å². The van der Waals surface area contributed by atoms with E-state index >= 15 is 0 Å². The summed E-state index contributed by atoms with van der Waals surface area (Å²) in [5.74, 6) is -1.72. The van der Waals surface area contributed by atoms with Crippen LogP contribution in [0.2, 0.25) is 0 Å². The van der Waals surface area contributed by atoms with Crippen molar-refractivity contribution in [1.29, 1.82) is 0 Å². The number of aliphatic carboxylic acids is 1. The highest BCUT2D eigenvalue weighted by Crippen LogP contribution is 2.44. The summed E-state index contributed by atoms with van der Waals surface area (Å²) < 4.78 is 0. The van der Waals surface area contributed by atoms with Crippen LogP contribution in [0.4, 0.5) is 5.69 Å². The smallest absolute Gasteiger partial charge is 0.328 e. The fourth-order valence-electron chi connectivity index (χ4n) is 2.59. The van der Waals surface area contributed by atoms with Crippen molar-refractivity contribution in [3.8, 4) is 11.1 Å². The van der Waals surface area contributed by atoms with Gasteiger partial charge in [-0.15, -0.1) is 0 Å². The van der Waals surface area contributed by atoms with E-state index in [4.69, 9.17) is 5.11 Å². The monoisotopic (exact) mass is 295 g/mol. The third kappa shape index (κ3) is 2.49. The van der Waals surface area contributed by atoms with Gasteiger partial charge in [-0.2, -0.15) is 0 Å². The number of aliphatic hydroxyl groups is 1. The Morgan fingerprint density at radius 3 is 2.50 bits per heavy atom. The fraction of sp³-hybridized carbons (Fsp3) is 0.0588. The molecular formula is C17H13NO4. The van der Waals surface area contributed by atoms with Gasteiger partial charge >= 0.3 is 5.97 Å². The van der Waals surface area contributed by atoms with Crippen molar-refractivity contribution in [2.45, 2.75) is 6.10 Å². The van der Waals surface area contributed by atoms with E-state index in [-0.39, 0.29) is 0 Å². The maximum Gasteiger partial charge on any atom is 0.328 e. The second-order valence-corrected chi connectivity index (χ2v) is 4.95. The summed E-state index contributed by atoms with van der Waals surface area (Å²) in [6, 6.07) is 12.8. The first-order chi connectivity index (χ1) is 10.6. The summed E-state index contributed by atoms with van der Waals surface area (Å²) in [7, 11) is 0. The van der Waals surface area contributed by atoms with Gasteiger partial charge in [-0.25, -0.2) is 4.79 Å². The minimum Gasteiger partial charge on any atom is -0.478 e. The molecule has 5 nitrogen and oxygen atoms in total. The van der Waals surface area contributed by atoms with Crippen LogP contribution in [0, 0.1) is 0 Å².